The van der Waals surface area contributed by atoms with Crippen LogP contribution in [-0.4, -0.2) is 18.4 Å². The number of carbonyl (C=O) groups is 1. The first-order valence-corrected chi connectivity index (χ1v) is 6.14. The van der Waals surface area contributed by atoms with Crippen molar-refractivity contribution in [2.75, 3.05) is 6.61 Å². The Balaban J connectivity index is 2.23. The lowest BCUT2D eigenvalue weighted by Gasteiger charge is -2.14. The highest BCUT2D eigenvalue weighted by atomic mass is 16.5. The largest absolute Gasteiger partial charge is 0.492 e. The molecule has 1 aliphatic rings. The predicted octanol–water partition coefficient (Wildman–Crippen LogP) is 2.18. The molecule has 0 bridgehead atoms. The van der Waals surface area contributed by atoms with E-state index in [0.717, 1.165) is 17.7 Å². The Morgan fingerprint density at radius 1 is 1.47 bits per heavy atom. The normalized spacial score (nSPS) is 15.5. The molecule has 0 saturated heterocycles. The van der Waals surface area contributed by atoms with Gasteiger partial charge in [0.15, 0.2) is 5.78 Å². The molecule has 0 saturated carbocycles. The van der Waals surface area contributed by atoms with Crippen molar-refractivity contribution in [3.63, 3.8) is 0 Å². The second-order valence-corrected chi connectivity index (χ2v) is 4.99. The Kier molecular flexibility index (Phi) is 3.48. The van der Waals surface area contributed by atoms with Gasteiger partial charge < -0.3 is 10.5 Å². The number of ketones is 1. The second-order valence-electron chi connectivity index (χ2n) is 4.99. The summed E-state index contributed by atoms with van der Waals surface area (Å²) in [5, 5.41) is 0. The number of Topliss-reactive ketones (excluding diaryl/α,β-unsaturated/α-hetero) is 1. The molecule has 1 aromatic carbocycles. The van der Waals surface area contributed by atoms with Crippen LogP contribution in [0.1, 0.15) is 36.2 Å². The van der Waals surface area contributed by atoms with Crippen LogP contribution in [0.3, 0.4) is 0 Å². The van der Waals surface area contributed by atoms with Crippen LogP contribution < -0.4 is 10.5 Å². The van der Waals surface area contributed by atoms with Crippen molar-refractivity contribution in [1.82, 2.24) is 0 Å². The van der Waals surface area contributed by atoms with Crippen LogP contribution in [0.5, 0.6) is 5.75 Å². The van der Waals surface area contributed by atoms with Crippen molar-refractivity contribution in [2.45, 2.75) is 32.7 Å². The fourth-order valence-corrected chi connectivity index (χ4v) is 2.22. The number of hydrogen-bond acceptors (Lipinski definition) is 3. The Morgan fingerprint density at radius 2 is 2.24 bits per heavy atom. The summed E-state index contributed by atoms with van der Waals surface area (Å²) in [4.78, 5) is 12.2. The van der Waals surface area contributed by atoms with E-state index in [4.69, 9.17) is 10.5 Å². The third-order valence-electron chi connectivity index (χ3n) is 3.04. The quantitative estimate of drug-likeness (QED) is 0.811. The van der Waals surface area contributed by atoms with Crippen molar-refractivity contribution < 1.29 is 9.53 Å². The molecule has 1 atom stereocenters. The van der Waals surface area contributed by atoms with Gasteiger partial charge in [0.2, 0.25) is 0 Å². The van der Waals surface area contributed by atoms with Gasteiger partial charge in [-0.1, -0.05) is 26.0 Å². The zero-order chi connectivity index (χ0) is 12.4. The van der Waals surface area contributed by atoms with Crippen LogP contribution in [0.15, 0.2) is 18.2 Å². The molecule has 0 radical (unpaired) electrons. The summed E-state index contributed by atoms with van der Waals surface area (Å²) in [6.45, 7) is 4.80. The molecule has 3 nitrogen and oxygen atoms in total. The molecule has 1 unspecified atom stereocenters. The Morgan fingerprint density at radius 3 is 2.94 bits per heavy atom. The summed E-state index contributed by atoms with van der Waals surface area (Å²) in [5.74, 6) is 1.17. The van der Waals surface area contributed by atoms with Gasteiger partial charge in [-0.3, -0.25) is 4.79 Å². The maximum absolute atomic E-state index is 12.2. The van der Waals surface area contributed by atoms with Gasteiger partial charge in [0, 0.05) is 6.42 Å². The molecule has 0 fully saturated rings. The number of carbonyl (C=O) groups excluding carboxylic acids is 1. The summed E-state index contributed by atoms with van der Waals surface area (Å²) in [6.07, 6.45) is 1.60. The minimum Gasteiger partial charge on any atom is -0.492 e. The molecule has 1 aromatic rings. The predicted molar refractivity (Wildman–Crippen MR) is 67.4 cm³/mol. The maximum atomic E-state index is 12.2. The van der Waals surface area contributed by atoms with E-state index in [9.17, 15) is 4.79 Å². The van der Waals surface area contributed by atoms with Crippen LogP contribution in [0, 0.1) is 5.92 Å². The first-order chi connectivity index (χ1) is 8.09. The molecule has 1 aliphatic heterocycles. The van der Waals surface area contributed by atoms with Crippen molar-refractivity contribution >= 4 is 5.78 Å². The first kappa shape index (κ1) is 12.1. The highest BCUT2D eigenvalue weighted by molar-refractivity contribution is 6.02. The molecule has 0 aromatic heterocycles. The maximum Gasteiger partial charge on any atom is 0.183 e. The molecule has 2 rings (SSSR count). The monoisotopic (exact) mass is 233 g/mol. The Labute approximate surface area is 102 Å². The van der Waals surface area contributed by atoms with E-state index in [-0.39, 0.29) is 5.78 Å². The first-order valence-electron chi connectivity index (χ1n) is 6.14. The molecular formula is C14H19NO2. The van der Waals surface area contributed by atoms with Gasteiger partial charge in [0.05, 0.1) is 18.2 Å². The van der Waals surface area contributed by atoms with Crippen LogP contribution in [0.2, 0.25) is 0 Å². The van der Waals surface area contributed by atoms with Gasteiger partial charge >= 0.3 is 0 Å². The molecular weight excluding hydrogens is 214 g/mol. The lowest BCUT2D eigenvalue weighted by Crippen LogP contribution is -2.32. The standard InChI is InChI=1S/C14H19NO2/c1-9(2)8-12(15)13(16)11-5-3-4-10-6-7-17-14(10)11/h3-5,9,12H,6-8,15H2,1-2H3. The van der Waals surface area contributed by atoms with E-state index in [1.165, 1.54) is 0 Å². The van der Waals surface area contributed by atoms with Crippen molar-refractivity contribution in [1.29, 1.82) is 0 Å². The van der Waals surface area contributed by atoms with E-state index in [1.807, 2.05) is 18.2 Å². The van der Waals surface area contributed by atoms with E-state index in [2.05, 4.69) is 13.8 Å². The fraction of sp³-hybridized carbons (Fsp3) is 0.500. The van der Waals surface area contributed by atoms with Gasteiger partial charge in [0.25, 0.3) is 0 Å². The molecule has 0 aliphatic carbocycles. The van der Waals surface area contributed by atoms with Crippen molar-refractivity contribution in [2.24, 2.45) is 11.7 Å². The Hall–Kier alpha value is -1.35. The third kappa shape index (κ3) is 2.50. The smallest absolute Gasteiger partial charge is 0.183 e. The zero-order valence-electron chi connectivity index (χ0n) is 10.4. The third-order valence-corrected chi connectivity index (χ3v) is 3.04. The highest BCUT2D eigenvalue weighted by Crippen LogP contribution is 2.30. The fourth-order valence-electron chi connectivity index (χ4n) is 2.22. The van der Waals surface area contributed by atoms with Gasteiger partial charge in [-0.25, -0.2) is 0 Å². The molecule has 3 heteroatoms. The molecule has 0 amide bonds. The average Bonchev–Trinajstić information content (AvgIpc) is 2.74. The highest BCUT2D eigenvalue weighted by Gasteiger charge is 2.24. The van der Waals surface area contributed by atoms with E-state index >= 15 is 0 Å². The van der Waals surface area contributed by atoms with Crippen LogP contribution >= 0.6 is 0 Å². The molecule has 2 N–H and O–H groups in total. The van der Waals surface area contributed by atoms with Gasteiger partial charge in [-0.15, -0.1) is 0 Å². The molecule has 92 valence electrons. The van der Waals surface area contributed by atoms with E-state index in [0.29, 0.717) is 24.5 Å². The number of nitrogens with two attached hydrogens (primary N) is 1. The minimum absolute atomic E-state index is 0.00236. The number of ether oxygens (including phenoxy) is 1. The number of hydrogen-bond donors (Lipinski definition) is 1. The van der Waals surface area contributed by atoms with E-state index < -0.39 is 6.04 Å². The lowest BCUT2D eigenvalue weighted by atomic mass is 9.95. The summed E-state index contributed by atoms with van der Waals surface area (Å²) in [6, 6.07) is 5.30. The van der Waals surface area contributed by atoms with Gasteiger partial charge in [-0.2, -0.15) is 0 Å². The van der Waals surface area contributed by atoms with Crippen molar-refractivity contribution in [3.8, 4) is 5.75 Å². The van der Waals surface area contributed by atoms with E-state index in [1.54, 1.807) is 0 Å². The second kappa shape index (κ2) is 4.88. The lowest BCUT2D eigenvalue weighted by molar-refractivity contribution is 0.0948. The summed E-state index contributed by atoms with van der Waals surface area (Å²) in [5.41, 5.74) is 7.70. The number of benzene rings is 1. The molecule has 0 spiro atoms. The number of para-hydroxylation sites is 1. The SMILES string of the molecule is CC(C)CC(N)C(=O)c1cccc2c1OCC2. The van der Waals surface area contributed by atoms with Gasteiger partial charge in [-0.05, 0) is 24.0 Å². The molecule has 1 heterocycles. The summed E-state index contributed by atoms with van der Waals surface area (Å²) < 4.78 is 5.53. The summed E-state index contributed by atoms with van der Waals surface area (Å²) in [7, 11) is 0. The molecule has 17 heavy (non-hydrogen) atoms. The van der Waals surface area contributed by atoms with Crippen LogP contribution in [0.4, 0.5) is 0 Å². The Bertz CT molecular complexity index is 426. The minimum atomic E-state index is -0.425. The topological polar surface area (TPSA) is 52.3 Å². The van der Waals surface area contributed by atoms with Crippen molar-refractivity contribution in [3.05, 3.63) is 29.3 Å². The number of fused-ring (bicyclic) bond motifs is 1. The van der Waals surface area contributed by atoms with Crippen LogP contribution in [-0.2, 0) is 6.42 Å². The zero-order valence-corrected chi connectivity index (χ0v) is 10.4. The van der Waals surface area contributed by atoms with Gasteiger partial charge in [0.1, 0.15) is 5.75 Å². The van der Waals surface area contributed by atoms with Crippen LogP contribution in [0.25, 0.3) is 0 Å². The summed E-state index contributed by atoms with van der Waals surface area (Å²) >= 11 is 0. The average molecular weight is 233 g/mol. The number of rotatable bonds is 4.